The molecule has 0 radical (unpaired) electrons. The van der Waals surface area contributed by atoms with E-state index in [4.69, 9.17) is 5.73 Å². The summed E-state index contributed by atoms with van der Waals surface area (Å²) < 4.78 is 78.1. The zero-order valence-corrected chi connectivity index (χ0v) is 17.7. The summed E-state index contributed by atoms with van der Waals surface area (Å²) in [5.74, 6) is -0.601. The number of hydrogen-bond donors (Lipinski definition) is 3. The lowest BCUT2D eigenvalue weighted by atomic mass is 10.1. The lowest BCUT2D eigenvalue weighted by Gasteiger charge is -2.10. The Morgan fingerprint density at radius 1 is 1.03 bits per heavy atom. The standard InChI is InChI=1S/C17H13N3O8S3/c18-11-1-3-13-9(5-11)7-15(31(26,27)28)16(17(13)21)20-19-8-10-6-12(29(22)23)2-4-14(10)30(24)25/h1-7,21H,8,18H2,(H,26,27,28). The number of nitrogen functional groups attached to an aromatic ring is 1. The van der Waals surface area contributed by atoms with Crippen LogP contribution in [0.5, 0.6) is 5.75 Å². The molecule has 1 aliphatic carbocycles. The van der Waals surface area contributed by atoms with Crippen LogP contribution in [0.4, 0.5) is 11.4 Å². The van der Waals surface area contributed by atoms with E-state index < -0.39 is 53.6 Å². The second-order valence-corrected chi connectivity index (χ2v) is 9.41. The van der Waals surface area contributed by atoms with Crippen LogP contribution in [-0.4, -0.2) is 51.2 Å². The van der Waals surface area contributed by atoms with Crippen LogP contribution in [0.1, 0.15) is 0 Å². The van der Waals surface area contributed by atoms with E-state index in [-0.39, 0.29) is 31.8 Å². The minimum absolute atomic E-state index is 0.0276. The number of allylic oxidation sites excluding steroid dienone is 3. The van der Waals surface area contributed by atoms with E-state index >= 15 is 0 Å². The van der Waals surface area contributed by atoms with Crippen molar-refractivity contribution in [2.45, 2.75) is 4.90 Å². The van der Waals surface area contributed by atoms with Crippen molar-refractivity contribution < 1.29 is 34.9 Å². The van der Waals surface area contributed by atoms with Gasteiger partial charge in [-0.15, -0.1) is 0 Å². The minimum Gasteiger partial charge on any atom is -0.505 e. The summed E-state index contributed by atoms with van der Waals surface area (Å²) in [6, 6.07) is 5.31. The van der Waals surface area contributed by atoms with E-state index in [0.29, 0.717) is 0 Å². The molecule has 0 saturated carbocycles. The van der Waals surface area contributed by atoms with Gasteiger partial charge in [0.2, 0.25) is 20.6 Å². The number of phenolic OH excluding ortho intramolecular Hbond substituents is 1. The zero-order chi connectivity index (χ0) is 22.9. The average Bonchev–Trinajstić information content (AvgIpc) is 2.68. The highest BCUT2D eigenvalue weighted by Crippen LogP contribution is 2.41. The van der Waals surface area contributed by atoms with Crippen LogP contribution < -0.4 is 5.73 Å². The SMILES string of the molecule is Nc1ccc2c(O)c(N=NCC3=CC(=S(=O)=O)C=CC3=S(=O)=O)c(S(=O)(=O)O)cc2c1. The van der Waals surface area contributed by atoms with Crippen LogP contribution in [0, 0.1) is 0 Å². The van der Waals surface area contributed by atoms with Gasteiger partial charge in [0.1, 0.15) is 10.6 Å². The zero-order valence-electron chi connectivity index (χ0n) is 15.3. The number of phenols is 1. The Morgan fingerprint density at radius 2 is 1.74 bits per heavy atom. The van der Waals surface area contributed by atoms with Crippen LogP contribution in [0.15, 0.2) is 63.2 Å². The molecule has 0 atom stereocenters. The van der Waals surface area contributed by atoms with Gasteiger partial charge in [-0.3, -0.25) is 4.55 Å². The topological polar surface area (TPSA) is 194 Å². The first kappa shape index (κ1) is 22.4. The lowest BCUT2D eigenvalue weighted by Crippen LogP contribution is -2.12. The highest BCUT2D eigenvalue weighted by atomic mass is 32.2. The Labute approximate surface area is 178 Å². The van der Waals surface area contributed by atoms with Crippen LogP contribution in [0.25, 0.3) is 10.8 Å². The molecule has 0 spiro atoms. The molecule has 31 heavy (non-hydrogen) atoms. The van der Waals surface area contributed by atoms with Crippen molar-refractivity contribution in [2.24, 2.45) is 10.2 Å². The fourth-order valence-corrected chi connectivity index (χ4v) is 4.38. The molecule has 0 aliphatic heterocycles. The summed E-state index contributed by atoms with van der Waals surface area (Å²) in [5.41, 5.74) is 5.34. The second-order valence-electron chi connectivity index (χ2n) is 6.17. The number of anilines is 1. The molecule has 0 saturated heterocycles. The van der Waals surface area contributed by atoms with E-state index in [1.807, 2.05) is 0 Å². The van der Waals surface area contributed by atoms with E-state index in [0.717, 1.165) is 24.3 Å². The molecule has 0 fully saturated rings. The number of rotatable bonds is 4. The van der Waals surface area contributed by atoms with Gasteiger partial charge < -0.3 is 10.8 Å². The molecule has 0 bridgehead atoms. The number of nitrogens with zero attached hydrogens (tertiary/aromatic N) is 2. The van der Waals surface area contributed by atoms with Crippen molar-refractivity contribution in [1.82, 2.24) is 0 Å². The third-order valence-corrected chi connectivity index (χ3v) is 6.43. The lowest BCUT2D eigenvalue weighted by molar-refractivity contribution is 0.472. The van der Waals surface area contributed by atoms with Crippen molar-refractivity contribution in [2.75, 3.05) is 12.3 Å². The molecule has 2 aromatic carbocycles. The average molecular weight is 484 g/mol. The van der Waals surface area contributed by atoms with Crippen LogP contribution in [0.2, 0.25) is 0 Å². The molecule has 1 aliphatic rings. The summed E-state index contributed by atoms with van der Waals surface area (Å²) in [5, 5.41) is 18.3. The molecule has 3 rings (SSSR count). The molecule has 0 amide bonds. The van der Waals surface area contributed by atoms with E-state index in [1.165, 1.54) is 18.2 Å². The molecule has 14 heteroatoms. The molecule has 162 valence electrons. The van der Waals surface area contributed by atoms with Crippen molar-refractivity contribution in [3.8, 4) is 5.75 Å². The van der Waals surface area contributed by atoms with Gasteiger partial charge in [-0.05, 0) is 53.5 Å². The summed E-state index contributed by atoms with van der Waals surface area (Å²) in [7, 11) is -10.2. The van der Waals surface area contributed by atoms with Gasteiger partial charge in [0.05, 0.1) is 16.3 Å². The molecule has 2 aromatic rings. The van der Waals surface area contributed by atoms with Crippen molar-refractivity contribution in [3.63, 3.8) is 0 Å². The van der Waals surface area contributed by atoms with Crippen molar-refractivity contribution >= 4 is 62.6 Å². The van der Waals surface area contributed by atoms with E-state index in [1.54, 1.807) is 0 Å². The molecule has 0 heterocycles. The number of azo groups is 1. The van der Waals surface area contributed by atoms with E-state index in [9.17, 15) is 34.9 Å². The molecular formula is C17H13N3O8S3. The van der Waals surface area contributed by atoms with Gasteiger partial charge in [-0.2, -0.15) is 35.5 Å². The number of nitrogens with two attached hydrogens (primary N) is 1. The summed E-state index contributed by atoms with van der Waals surface area (Å²) in [6.07, 6.45) is 3.23. The quantitative estimate of drug-likeness (QED) is 0.247. The second kappa shape index (κ2) is 8.43. The Bertz CT molecular complexity index is 1580. The molecule has 0 unspecified atom stereocenters. The normalized spacial score (nSPS) is 14.3. The number of hydrogen-bond acceptors (Lipinski definition) is 10. The maximum Gasteiger partial charge on any atom is 0.296 e. The Hall–Kier alpha value is -3.33. The Kier molecular flexibility index (Phi) is 6.08. The van der Waals surface area contributed by atoms with Gasteiger partial charge in [-0.25, -0.2) is 0 Å². The van der Waals surface area contributed by atoms with Gasteiger partial charge in [0.25, 0.3) is 10.1 Å². The highest BCUT2D eigenvalue weighted by Gasteiger charge is 2.22. The smallest absolute Gasteiger partial charge is 0.296 e. The van der Waals surface area contributed by atoms with Gasteiger partial charge >= 0.3 is 0 Å². The van der Waals surface area contributed by atoms with Crippen LogP contribution in [-0.2, 0) is 30.7 Å². The van der Waals surface area contributed by atoms with E-state index in [2.05, 4.69) is 10.2 Å². The maximum atomic E-state index is 11.8. The molecule has 4 N–H and O–H groups in total. The third-order valence-electron chi connectivity index (χ3n) is 4.17. The molecule has 0 aromatic heterocycles. The highest BCUT2D eigenvalue weighted by molar-refractivity contribution is 7.86. The van der Waals surface area contributed by atoms with Crippen molar-refractivity contribution in [1.29, 1.82) is 0 Å². The summed E-state index contributed by atoms with van der Waals surface area (Å²) in [4.78, 5) is -1.17. The van der Waals surface area contributed by atoms with Gasteiger partial charge in [-0.1, -0.05) is 0 Å². The van der Waals surface area contributed by atoms with Gasteiger partial charge in [0, 0.05) is 11.1 Å². The first-order valence-corrected chi connectivity index (χ1v) is 11.8. The van der Waals surface area contributed by atoms with Crippen LogP contribution >= 0.6 is 0 Å². The fraction of sp³-hybridized carbons (Fsp3) is 0.0588. The monoisotopic (exact) mass is 483 g/mol. The number of aromatic hydroxyl groups is 1. The first-order valence-electron chi connectivity index (χ1n) is 8.20. The first-order chi connectivity index (χ1) is 14.5. The molecule has 11 nitrogen and oxygen atoms in total. The predicted octanol–water partition coefficient (Wildman–Crippen LogP) is 1.06. The van der Waals surface area contributed by atoms with Crippen molar-refractivity contribution in [3.05, 3.63) is 48.1 Å². The number of fused-ring (bicyclic) bond motifs is 1. The third kappa shape index (κ3) is 4.72. The fourth-order valence-electron chi connectivity index (χ4n) is 2.79. The van der Waals surface area contributed by atoms with Gasteiger partial charge in [0.15, 0.2) is 5.75 Å². The number of benzene rings is 2. The Morgan fingerprint density at radius 3 is 2.35 bits per heavy atom. The Balaban J connectivity index is 2.13. The largest absolute Gasteiger partial charge is 0.505 e. The molecular weight excluding hydrogens is 470 g/mol. The maximum absolute atomic E-state index is 11.8. The summed E-state index contributed by atoms with van der Waals surface area (Å²) >= 11 is 0. The summed E-state index contributed by atoms with van der Waals surface area (Å²) in [6.45, 7) is -0.460. The minimum atomic E-state index is -4.83. The van der Waals surface area contributed by atoms with Crippen LogP contribution in [0.3, 0.4) is 0 Å². The predicted molar refractivity (Wildman–Crippen MR) is 114 cm³/mol.